The number of anilines is 3. The largest absolute Gasteiger partial charge is 0.325 e. The fourth-order valence-electron chi connectivity index (χ4n) is 2.29. The van der Waals surface area contributed by atoms with Gasteiger partial charge in [0, 0.05) is 22.6 Å². The molecule has 2 aromatic carbocycles. The summed E-state index contributed by atoms with van der Waals surface area (Å²) in [5.74, 6) is 0. The second kappa shape index (κ2) is 8.20. The monoisotopic (exact) mass is 435 g/mol. The molecule has 29 heavy (non-hydrogen) atoms. The highest BCUT2D eigenvalue weighted by molar-refractivity contribution is 7.92. The number of amides is 2. The maximum absolute atomic E-state index is 12.4. The van der Waals surface area contributed by atoms with E-state index in [1.807, 2.05) is 4.98 Å². The zero-order valence-electron chi connectivity index (χ0n) is 14.5. The van der Waals surface area contributed by atoms with E-state index in [4.69, 9.17) is 11.6 Å². The van der Waals surface area contributed by atoms with Gasteiger partial charge in [-0.05, 0) is 42.5 Å². The standard InChI is InChI=1S/C17H14ClN5O5S/c18-10-4-6-11(7-5-10)20-17(26)21-12-2-1-3-13(8-12)23-29(27,28)14-9-19-16(25)22-15(14)24/h1-9,23H,(H2,20,21,26)(H2,19,22,24,25). The van der Waals surface area contributed by atoms with E-state index >= 15 is 0 Å². The molecule has 0 fully saturated rings. The van der Waals surface area contributed by atoms with E-state index in [0.717, 1.165) is 6.20 Å². The second-order valence-corrected chi connectivity index (χ2v) is 7.80. The van der Waals surface area contributed by atoms with Crippen molar-refractivity contribution in [3.63, 3.8) is 0 Å². The number of rotatable bonds is 5. The Morgan fingerprint density at radius 2 is 1.59 bits per heavy atom. The Bertz CT molecular complexity index is 1270. The van der Waals surface area contributed by atoms with Crippen LogP contribution in [0.1, 0.15) is 0 Å². The van der Waals surface area contributed by atoms with Crippen LogP contribution in [-0.4, -0.2) is 24.4 Å². The molecule has 0 unspecified atom stereocenters. The lowest BCUT2D eigenvalue weighted by Gasteiger charge is -2.11. The first-order chi connectivity index (χ1) is 13.7. The zero-order chi connectivity index (χ0) is 21.0. The van der Waals surface area contributed by atoms with Gasteiger partial charge in [-0.25, -0.2) is 18.0 Å². The van der Waals surface area contributed by atoms with Gasteiger partial charge in [-0.1, -0.05) is 17.7 Å². The molecule has 1 aromatic heterocycles. The first kappa shape index (κ1) is 20.2. The van der Waals surface area contributed by atoms with Crippen molar-refractivity contribution in [2.75, 3.05) is 15.4 Å². The number of sulfonamides is 1. The molecule has 0 aliphatic rings. The molecule has 5 N–H and O–H groups in total. The Morgan fingerprint density at radius 3 is 2.28 bits per heavy atom. The minimum atomic E-state index is -4.26. The van der Waals surface area contributed by atoms with Crippen LogP contribution < -0.4 is 26.6 Å². The van der Waals surface area contributed by atoms with Crippen molar-refractivity contribution in [2.24, 2.45) is 0 Å². The molecule has 0 saturated heterocycles. The van der Waals surface area contributed by atoms with Crippen LogP contribution in [0.5, 0.6) is 0 Å². The van der Waals surface area contributed by atoms with Crippen molar-refractivity contribution >= 4 is 44.7 Å². The summed E-state index contributed by atoms with van der Waals surface area (Å²) in [6, 6.07) is 11.8. The average Bonchev–Trinajstić information content (AvgIpc) is 2.63. The summed E-state index contributed by atoms with van der Waals surface area (Å²) in [7, 11) is -4.26. The fraction of sp³-hybridized carbons (Fsp3) is 0. The van der Waals surface area contributed by atoms with Gasteiger partial charge < -0.3 is 15.6 Å². The Morgan fingerprint density at radius 1 is 0.931 bits per heavy atom. The lowest BCUT2D eigenvalue weighted by molar-refractivity contribution is 0.262. The predicted octanol–water partition coefficient (Wildman–Crippen LogP) is 2.16. The van der Waals surface area contributed by atoms with Gasteiger partial charge in [0.25, 0.3) is 15.6 Å². The summed E-state index contributed by atoms with van der Waals surface area (Å²) < 4.78 is 27.0. The molecule has 0 aliphatic heterocycles. The number of hydrogen-bond acceptors (Lipinski definition) is 5. The van der Waals surface area contributed by atoms with Gasteiger partial charge in [-0.3, -0.25) is 14.5 Å². The van der Waals surface area contributed by atoms with Crippen LogP contribution in [0, 0.1) is 0 Å². The average molecular weight is 436 g/mol. The molecule has 3 aromatic rings. The quantitative estimate of drug-likeness (QED) is 0.415. The number of urea groups is 1. The van der Waals surface area contributed by atoms with E-state index in [2.05, 4.69) is 20.3 Å². The van der Waals surface area contributed by atoms with Gasteiger partial charge in [0.05, 0.1) is 5.69 Å². The molecular formula is C17H14ClN5O5S. The minimum Gasteiger partial charge on any atom is -0.313 e. The molecule has 3 rings (SSSR count). The molecule has 150 valence electrons. The summed E-state index contributed by atoms with van der Waals surface area (Å²) >= 11 is 5.79. The lowest BCUT2D eigenvalue weighted by Crippen LogP contribution is -2.29. The summed E-state index contributed by atoms with van der Waals surface area (Å²) in [5.41, 5.74) is -0.974. The summed E-state index contributed by atoms with van der Waals surface area (Å²) in [6.45, 7) is 0. The molecule has 0 spiro atoms. The van der Waals surface area contributed by atoms with Crippen molar-refractivity contribution in [3.05, 3.63) is 80.6 Å². The third-order valence-corrected chi connectivity index (χ3v) is 5.19. The summed E-state index contributed by atoms with van der Waals surface area (Å²) in [5, 5.41) is 5.68. The number of carbonyl (C=O) groups excluding carboxylic acids is 1. The Labute approximate surface area is 169 Å². The summed E-state index contributed by atoms with van der Waals surface area (Å²) in [4.78, 5) is 38.1. The molecule has 10 nitrogen and oxygen atoms in total. The highest BCUT2D eigenvalue weighted by atomic mass is 35.5. The van der Waals surface area contributed by atoms with E-state index in [1.165, 1.54) is 18.2 Å². The van der Waals surface area contributed by atoms with E-state index < -0.39 is 32.2 Å². The van der Waals surface area contributed by atoms with Crippen molar-refractivity contribution in [1.82, 2.24) is 9.97 Å². The van der Waals surface area contributed by atoms with Gasteiger partial charge in [0.1, 0.15) is 0 Å². The van der Waals surface area contributed by atoms with Crippen LogP contribution in [-0.2, 0) is 10.0 Å². The van der Waals surface area contributed by atoms with Gasteiger partial charge in [-0.15, -0.1) is 0 Å². The topological polar surface area (TPSA) is 153 Å². The van der Waals surface area contributed by atoms with Crippen molar-refractivity contribution in [3.8, 4) is 0 Å². The molecule has 0 saturated carbocycles. The van der Waals surface area contributed by atoms with Crippen LogP contribution >= 0.6 is 11.6 Å². The van der Waals surface area contributed by atoms with Crippen LogP contribution in [0.25, 0.3) is 0 Å². The molecule has 1 heterocycles. The van der Waals surface area contributed by atoms with E-state index in [1.54, 1.807) is 30.3 Å². The molecule has 2 amide bonds. The van der Waals surface area contributed by atoms with Crippen LogP contribution in [0.4, 0.5) is 21.9 Å². The van der Waals surface area contributed by atoms with Crippen LogP contribution in [0.15, 0.2) is 69.2 Å². The van der Waals surface area contributed by atoms with E-state index in [9.17, 15) is 22.8 Å². The smallest absolute Gasteiger partial charge is 0.313 e. The molecular weight excluding hydrogens is 422 g/mol. The SMILES string of the molecule is O=C(Nc1ccc(Cl)cc1)Nc1cccc(NS(=O)(=O)c2c[nH]c(=O)[nH]c2=O)c1. The number of H-pyrrole nitrogens is 2. The maximum atomic E-state index is 12.4. The number of hydrogen-bond donors (Lipinski definition) is 5. The summed E-state index contributed by atoms with van der Waals surface area (Å²) in [6.07, 6.45) is 0.797. The third kappa shape index (κ3) is 5.24. The molecule has 0 aliphatic carbocycles. The van der Waals surface area contributed by atoms with Gasteiger partial charge in [-0.2, -0.15) is 0 Å². The van der Waals surface area contributed by atoms with Gasteiger partial charge in [0.15, 0.2) is 4.90 Å². The molecule has 0 atom stereocenters. The number of nitrogens with one attached hydrogen (secondary N) is 5. The highest BCUT2D eigenvalue weighted by Gasteiger charge is 2.19. The van der Waals surface area contributed by atoms with Crippen LogP contribution in [0.2, 0.25) is 5.02 Å². The molecule has 0 bridgehead atoms. The number of halogens is 1. The second-order valence-electron chi connectivity index (χ2n) is 5.71. The van der Waals surface area contributed by atoms with E-state index in [0.29, 0.717) is 16.4 Å². The molecule has 0 radical (unpaired) electrons. The fourth-order valence-corrected chi connectivity index (χ4v) is 3.48. The Balaban J connectivity index is 1.73. The first-order valence-corrected chi connectivity index (χ1v) is 9.87. The minimum absolute atomic E-state index is 0.0971. The van der Waals surface area contributed by atoms with E-state index in [-0.39, 0.29) is 5.69 Å². The predicted molar refractivity (Wildman–Crippen MR) is 109 cm³/mol. The van der Waals surface area contributed by atoms with Crippen molar-refractivity contribution in [2.45, 2.75) is 4.90 Å². The normalized spacial score (nSPS) is 10.9. The molecule has 12 heteroatoms. The third-order valence-electron chi connectivity index (χ3n) is 3.55. The van der Waals surface area contributed by atoms with Crippen molar-refractivity contribution < 1.29 is 13.2 Å². The number of carbonyl (C=O) groups is 1. The first-order valence-electron chi connectivity index (χ1n) is 8.01. The highest BCUT2D eigenvalue weighted by Crippen LogP contribution is 2.19. The van der Waals surface area contributed by atoms with Gasteiger partial charge >= 0.3 is 11.7 Å². The lowest BCUT2D eigenvalue weighted by atomic mass is 10.3. The number of aromatic nitrogens is 2. The van der Waals surface area contributed by atoms with Crippen molar-refractivity contribution in [1.29, 1.82) is 0 Å². The van der Waals surface area contributed by atoms with Crippen LogP contribution in [0.3, 0.4) is 0 Å². The van der Waals surface area contributed by atoms with Gasteiger partial charge in [0.2, 0.25) is 0 Å². The zero-order valence-corrected chi connectivity index (χ0v) is 16.1. The maximum Gasteiger partial charge on any atom is 0.325 e. The Hall–Kier alpha value is -3.57. The number of aromatic amines is 2. The Kier molecular flexibility index (Phi) is 5.71. The number of benzene rings is 2.